The number of hydrogen-bond donors (Lipinski definition) is 0. The number of nitrogens with zero attached hydrogens (tertiary/aromatic N) is 2. The van der Waals surface area contributed by atoms with Crippen molar-refractivity contribution in [3.63, 3.8) is 0 Å². The highest BCUT2D eigenvalue weighted by molar-refractivity contribution is 5.77. The van der Waals surface area contributed by atoms with Gasteiger partial charge in [-0.15, -0.1) is 0 Å². The quantitative estimate of drug-likeness (QED) is 0.835. The molecule has 0 aliphatic carbocycles. The van der Waals surface area contributed by atoms with Gasteiger partial charge in [-0.2, -0.15) is 5.26 Å². The minimum atomic E-state index is -0.322. The van der Waals surface area contributed by atoms with Gasteiger partial charge in [0.25, 0.3) is 0 Å². The molecule has 1 amide bonds. The fraction of sp³-hybridized carbons (Fsp3) is 0.467. The van der Waals surface area contributed by atoms with Crippen LogP contribution in [0.2, 0.25) is 0 Å². The second kappa shape index (κ2) is 6.35. The number of carbonyl (C=O) groups excluding carboxylic acids is 1. The molecule has 0 unspecified atom stereocenters. The van der Waals surface area contributed by atoms with Crippen molar-refractivity contribution >= 4 is 5.91 Å². The molecule has 1 rings (SSSR count). The predicted octanol–water partition coefficient (Wildman–Crippen LogP) is 2.33. The van der Waals surface area contributed by atoms with Gasteiger partial charge in [-0.25, -0.2) is 0 Å². The third-order valence-corrected chi connectivity index (χ3v) is 2.53. The largest absolute Gasteiger partial charge is 0.366 e. The molecule has 0 heterocycles. The Morgan fingerprint density at radius 2 is 2.11 bits per heavy atom. The third-order valence-electron chi connectivity index (χ3n) is 2.53. The normalized spacial score (nSPS) is 10.9. The van der Waals surface area contributed by atoms with Crippen molar-refractivity contribution in [2.45, 2.75) is 32.9 Å². The van der Waals surface area contributed by atoms with Crippen LogP contribution in [0.25, 0.3) is 0 Å². The topological polar surface area (TPSA) is 53.3 Å². The minimum absolute atomic E-state index is 0.0674. The number of nitriles is 1. The maximum atomic E-state index is 11.9. The fourth-order valence-electron chi connectivity index (χ4n) is 1.49. The Hall–Kier alpha value is -1.86. The van der Waals surface area contributed by atoms with E-state index < -0.39 is 0 Å². The number of carbonyl (C=O) groups is 1. The van der Waals surface area contributed by atoms with E-state index in [0.29, 0.717) is 12.1 Å². The number of hydrogen-bond acceptors (Lipinski definition) is 3. The Bertz CT molecular complexity index is 484. The highest BCUT2D eigenvalue weighted by atomic mass is 16.5. The van der Waals surface area contributed by atoms with Gasteiger partial charge in [-0.1, -0.05) is 12.1 Å². The molecule has 0 atom stereocenters. The molecule has 0 aliphatic heterocycles. The Labute approximate surface area is 114 Å². The van der Waals surface area contributed by atoms with Gasteiger partial charge in [0.2, 0.25) is 5.91 Å². The molecule has 0 aliphatic rings. The summed E-state index contributed by atoms with van der Waals surface area (Å²) in [5, 5.41) is 8.83. The maximum absolute atomic E-state index is 11.9. The van der Waals surface area contributed by atoms with Crippen molar-refractivity contribution < 1.29 is 9.53 Å². The lowest BCUT2D eigenvalue weighted by Crippen LogP contribution is -2.33. The highest BCUT2D eigenvalue weighted by Gasteiger charge is 2.15. The first-order valence-corrected chi connectivity index (χ1v) is 6.19. The molecular formula is C15H20N2O2. The van der Waals surface area contributed by atoms with Crippen LogP contribution < -0.4 is 0 Å². The van der Waals surface area contributed by atoms with Gasteiger partial charge in [0, 0.05) is 13.6 Å². The van der Waals surface area contributed by atoms with Crippen molar-refractivity contribution in [3.05, 3.63) is 35.4 Å². The van der Waals surface area contributed by atoms with E-state index in [-0.39, 0.29) is 18.1 Å². The Balaban J connectivity index is 2.56. The van der Waals surface area contributed by atoms with Gasteiger partial charge >= 0.3 is 0 Å². The molecule has 102 valence electrons. The zero-order chi connectivity index (χ0) is 14.5. The smallest absolute Gasteiger partial charge is 0.248 e. The fourth-order valence-corrected chi connectivity index (χ4v) is 1.49. The molecule has 0 saturated heterocycles. The van der Waals surface area contributed by atoms with Crippen molar-refractivity contribution in [1.82, 2.24) is 4.90 Å². The summed E-state index contributed by atoms with van der Waals surface area (Å²) in [4.78, 5) is 13.5. The van der Waals surface area contributed by atoms with Gasteiger partial charge in [-0.3, -0.25) is 4.79 Å². The van der Waals surface area contributed by atoms with E-state index in [2.05, 4.69) is 6.07 Å². The molecule has 1 aromatic carbocycles. The van der Waals surface area contributed by atoms with Crippen LogP contribution in [0.15, 0.2) is 24.3 Å². The van der Waals surface area contributed by atoms with Crippen molar-refractivity contribution in [2.75, 3.05) is 13.7 Å². The second-order valence-electron chi connectivity index (χ2n) is 5.46. The lowest BCUT2D eigenvalue weighted by atomic mass is 10.1. The summed E-state index contributed by atoms with van der Waals surface area (Å²) < 4.78 is 5.45. The molecule has 0 bridgehead atoms. The van der Waals surface area contributed by atoms with E-state index >= 15 is 0 Å². The van der Waals surface area contributed by atoms with Crippen LogP contribution in [0.1, 0.15) is 31.9 Å². The number of ether oxygens (including phenoxy) is 1. The number of rotatable bonds is 4. The van der Waals surface area contributed by atoms with E-state index in [9.17, 15) is 4.79 Å². The SMILES string of the molecule is CN(Cc1cccc(C#N)c1)C(=O)COC(C)(C)C. The first-order chi connectivity index (χ1) is 8.81. The molecule has 19 heavy (non-hydrogen) atoms. The lowest BCUT2D eigenvalue weighted by Gasteiger charge is -2.22. The first kappa shape index (κ1) is 15.2. The standard InChI is InChI=1S/C15H20N2O2/c1-15(2,3)19-11-14(18)17(4)10-13-7-5-6-12(8-13)9-16/h5-8H,10-11H2,1-4H3. The Morgan fingerprint density at radius 1 is 1.42 bits per heavy atom. The summed E-state index contributed by atoms with van der Waals surface area (Å²) in [6.07, 6.45) is 0. The zero-order valence-corrected chi connectivity index (χ0v) is 11.9. The number of amides is 1. The van der Waals surface area contributed by atoms with Gasteiger partial charge in [0.1, 0.15) is 6.61 Å². The molecule has 0 saturated carbocycles. The van der Waals surface area contributed by atoms with Crippen molar-refractivity contribution in [1.29, 1.82) is 5.26 Å². The molecule has 0 fully saturated rings. The average molecular weight is 260 g/mol. The summed E-state index contributed by atoms with van der Waals surface area (Å²) in [6, 6.07) is 9.33. The third kappa shape index (κ3) is 5.54. The molecular weight excluding hydrogens is 240 g/mol. The Morgan fingerprint density at radius 3 is 2.68 bits per heavy atom. The lowest BCUT2D eigenvalue weighted by molar-refractivity contribution is -0.140. The molecule has 0 N–H and O–H groups in total. The summed E-state index contributed by atoms with van der Waals surface area (Å²) in [6.45, 7) is 6.28. The van der Waals surface area contributed by atoms with Crippen LogP contribution >= 0.6 is 0 Å². The summed E-state index contributed by atoms with van der Waals surface area (Å²) in [5.74, 6) is -0.0720. The molecule has 4 heteroatoms. The van der Waals surface area contributed by atoms with Crippen LogP contribution in [0.4, 0.5) is 0 Å². The van der Waals surface area contributed by atoms with Crippen LogP contribution in [0.5, 0.6) is 0 Å². The molecule has 4 nitrogen and oxygen atoms in total. The van der Waals surface area contributed by atoms with Crippen LogP contribution in [0.3, 0.4) is 0 Å². The minimum Gasteiger partial charge on any atom is -0.366 e. The van der Waals surface area contributed by atoms with Gasteiger partial charge < -0.3 is 9.64 Å². The number of benzene rings is 1. The maximum Gasteiger partial charge on any atom is 0.248 e. The number of likely N-dealkylation sites (N-methyl/N-ethyl adjacent to an activating group) is 1. The van der Waals surface area contributed by atoms with Crippen LogP contribution in [0, 0.1) is 11.3 Å². The van der Waals surface area contributed by atoms with Crippen LogP contribution in [-0.4, -0.2) is 30.1 Å². The van der Waals surface area contributed by atoms with E-state index in [4.69, 9.17) is 10.00 Å². The molecule has 0 aromatic heterocycles. The van der Waals surface area contributed by atoms with Gasteiger partial charge in [-0.05, 0) is 38.5 Å². The van der Waals surface area contributed by atoms with E-state index in [1.54, 1.807) is 24.1 Å². The van der Waals surface area contributed by atoms with E-state index in [1.165, 1.54) is 0 Å². The van der Waals surface area contributed by atoms with Gasteiger partial charge in [0.15, 0.2) is 0 Å². The molecule has 0 spiro atoms. The second-order valence-corrected chi connectivity index (χ2v) is 5.46. The van der Waals surface area contributed by atoms with Crippen LogP contribution in [-0.2, 0) is 16.1 Å². The van der Waals surface area contributed by atoms with Crippen molar-refractivity contribution in [3.8, 4) is 6.07 Å². The van der Waals surface area contributed by atoms with E-state index in [1.807, 2.05) is 32.9 Å². The predicted molar refractivity (Wildman–Crippen MR) is 73.3 cm³/mol. The highest BCUT2D eigenvalue weighted by Crippen LogP contribution is 2.09. The monoisotopic (exact) mass is 260 g/mol. The van der Waals surface area contributed by atoms with E-state index in [0.717, 1.165) is 5.56 Å². The van der Waals surface area contributed by atoms with Gasteiger partial charge in [0.05, 0.1) is 17.2 Å². The van der Waals surface area contributed by atoms with Crippen molar-refractivity contribution in [2.24, 2.45) is 0 Å². The summed E-state index contributed by atoms with van der Waals surface area (Å²) >= 11 is 0. The summed E-state index contributed by atoms with van der Waals surface area (Å²) in [7, 11) is 1.73. The summed E-state index contributed by atoms with van der Waals surface area (Å²) in [5.41, 5.74) is 1.21. The zero-order valence-electron chi connectivity index (χ0n) is 11.9. The average Bonchev–Trinajstić information content (AvgIpc) is 2.35. The first-order valence-electron chi connectivity index (χ1n) is 6.19. The molecule has 1 aromatic rings. The Kier molecular flexibility index (Phi) is 5.08. The molecule has 0 radical (unpaired) electrons.